The van der Waals surface area contributed by atoms with E-state index in [9.17, 15) is 0 Å². The third kappa shape index (κ3) is 13.2. The Bertz CT molecular complexity index is 4570. The van der Waals surface area contributed by atoms with E-state index in [4.69, 9.17) is 0 Å². The molecule has 18 aromatic carbocycles. The molecule has 0 saturated carbocycles. The molecule has 18 rings (SSSR count). The first-order valence-electron chi connectivity index (χ1n) is 41.3. The SMILES string of the molecule is c1ccc([Si](c2ccccc2)(c2ccccc2)[CH]([Cr]([CH]([Si](c2ccccc2)(c2ccccc2)c2ccccc2)[Si](c2ccccc2)(c2ccccc2)c2ccccc2)[CH]([Si](c2ccccc2)(c2ccccc2)c2ccccc2)[Si](c2ccccc2)(c2ccccc2)c2ccccc2)[Si](c2ccccc2)(c2ccccc2)c2ccccc2)cc1. The fourth-order valence-electron chi connectivity index (χ4n) is 21.0. The van der Waals surface area contributed by atoms with Gasteiger partial charge in [0.2, 0.25) is 0 Å². The molecule has 118 heavy (non-hydrogen) atoms. The Kier molecular flexibility index (Phi) is 22.8. The first kappa shape index (κ1) is 77.1. The van der Waals surface area contributed by atoms with Gasteiger partial charge in [0.1, 0.15) is 0 Å². The molecule has 0 aliphatic heterocycles. The van der Waals surface area contributed by atoms with Crippen LogP contribution in [0.2, 0.25) is 12.1 Å². The Morgan fingerprint density at radius 2 is 0.153 bits per heavy atom. The Labute approximate surface area is 708 Å². The molecular weight excluding hydrogens is 1550 g/mol. The van der Waals surface area contributed by atoms with E-state index in [0.717, 1.165) is 0 Å². The third-order valence-electron chi connectivity index (χ3n) is 25.3. The zero-order valence-corrected chi connectivity index (χ0v) is 73.4. The van der Waals surface area contributed by atoms with Crippen LogP contribution in [0, 0.1) is 0 Å². The molecule has 0 spiro atoms. The Morgan fingerprint density at radius 1 is 0.0932 bits per heavy atom. The van der Waals surface area contributed by atoms with Crippen molar-refractivity contribution in [1.82, 2.24) is 0 Å². The molecule has 0 heterocycles. The fourth-order valence-corrected chi connectivity index (χ4v) is 102. The van der Waals surface area contributed by atoms with Crippen molar-refractivity contribution in [2.75, 3.05) is 0 Å². The zero-order chi connectivity index (χ0) is 79.3. The van der Waals surface area contributed by atoms with Crippen molar-refractivity contribution in [3.8, 4) is 0 Å². The monoisotopic (exact) mass is 1650 g/mol. The summed E-state index contributed by atoms with van der Waals surface area (Å²) in [6.45, 7) is 0. The van der Waals surface area contributed by atoms with Crippen LogP contribution in [-0.2, 0) is 14.1 Å². The molecule has 0 saturated heterocycles. The van der Waals surface area contributed by atoms with Crippen LogP contribution in [0.1, 0.15) is 0 Å². The summed E-state index contributed by atoms with van der Waals surface area (Å²) < 4.78 is -0.815. The zero-order valence-electron chi connectivity index (χ0n) is 66.1. The van der Waals surface area contributed by atoms with Crippen molar-refractivity contribution >= 4 is 142 Å². The maximum absolute atomic E-state index is 4.25. The second kappa shape index (κ2) is 34.9. The Balaban J connectivity index is 1.32. The van der Waals surface area contributed by atoms with Crippen LogP contribution in [0.5, 0.6) is 0 Å². The van der Waals surface area contributed by atoms with E-state index in [1.165, 1.54) is 93.4 Å². The van der Waals surface area contributed by atoms with Crippen molar-refractivity contribution < 1.29 is 14.1 Å². The van der Waals surface area contributed by atoms with Gasteiger partial charge in [-0.2, -0.15) is 0 Å². The average Bonchev–Trinajstić information content (AvgIpc) is 0.652. The summed E-state index contributed by atoms with van der Waals surface area (Å²) >= 11 is -3.66. The Morgan fingerprint density at radius 3 is 0.212 bits per heavy atom. The van der Waals surface area contributed by atoms with Crippen molar-refractivity contribution in [2.24, 2.45) is 0 Å². The van der Waals surface area contributed by atoms with Crippen LogP contribution in [0.3, 0.4) is 0 Å². The fraction of sp³-hybridized carbons (Fsp3) is 0.0270. The van der Waals surface area contributed by atoms with Crippen LogP contribution >= 0.6 is 0 Å². The number of hydrogen-bond donors (Lipinski definition) is 0. The molecule has 0 atom stereocenters. The molecule has 0 aliphatic carbocycles. The van der Waals surface area contributed by atoms with Crippen molar-refractivity contribution in [3.63, 3.8) is 0 Å². The number of hydrogen-bond acceptors (Lipinski definition) is 0. The van der Waals surface area contributed by atoms with Crippen molar-refractivity contribution in [2.45, 2.75) is 12.1 Å². The second-order valence-electron chi connectivity index (χ2n) is 31.0. The van der Waals surface area contributed by atoms with Gasteiger partial charge in [0, 0.05) is 0 Å². The van der Waals surface area contributed by atoms with E-state index in [1.807, 2.05) is 0 Å². The van der Waals surface area contributed by atoms with Gasteiger partial charge < -0.3 is 0 Å². The average molecular weight is 1650 g/mol. The molecular formula is C111H93CrSi6. The summed E-state index contributed by atoms with van der Waals surface area (Å²) in [6, 6.07) is 224. The molecule has 0 N–H and O–H groups in total. The summed E-state index contributed by atoms with van der Waals surface area (Å²) in [5.41, 5.74) is 0. The summed E-state index contributed by atoms with van der Waals surface area (Å²) in [5.74, 6) is 0. The summed E-state index contributed by atoms with van der Waals surface area (Å²) in [4.78, 5) is 0. The second-order valence-corrected chi connectivity index (χ2v) is 63.9. The predicted octanol–water partition coefficient (Wildman–Crippen LogP) is 14.2. The van der Waals surface area contributed by atoms with Gasteiger partial charge in [0.05, 0.1) is 0 Å². The summed E-state index contributed by atoms with van der Waals surface area (Å²) in [7, 11) is -25.5. The molecule has 7 heteroatoms. The van der Waals surface area contributed by atoms with E-state index in [1.54, 1.807) is 0 Å². The minimum atomic E-state index is -4.25. The molecule has 0 fully saturated rings. The summed E-state index contributed by atoms with van der Waals surface area (Å²) in [6.07, 6.45) is 0. The van der Waals surface area contributed by atoms with E-state index < -0.39 is 62.6 Å². The van der Waals surface area contributed by atoms with E-state index in [2.05, 4.69) is 546 Å². The minimum absolute atomic E-state index is 0.272. The maximum atomic E-state index is 2.64. The third-order valence-corrected chi connectivity index (χ3v) is 79.4. The van der Waals surface area contributed by atoms with Crippen LogP contribution in [0.15, 0.2) is 546 Å². The molecule has 567 valence electrons. The molecule has 0 aliphatic rings. The van der Waals surface area contributed by atoms with Crippen LogP contribution in [0.25, 0.3) is 0 Å². The van der Waals surface area contributed by atoms with Crippen LogP contribution < -0.4 is 93.4 Å². The van der Waals surface area contributed by atoms with Crippen molar-refractivity contribution in [1.29, 1.82) is 0 Å². The number of benzene rings is 18. The van der Waals surface area contributed by atoms with Gasteiger partial charge in [0.25, 0.3) is 0 Å². The first-order chi connectivity index (χ1) is 58.6. The van der Waals surface area contributed by atoms with Gasteiger partial charge in [-0.15, -0.1) is 0 Å². The van der Waals surface area contributed by atoms with Crippen LogP contribution in [-0.4, -0.2) is 48.4 Å². The Hall–Kier alpha value is -12.2. The van der Waals surface area contributed by atoms with Gasteiger partial charge in [-0.3, -0.25) is 0 Å². The standard InChI is InChI=1S/3C37H31Si2.Cr/c3*1-7-19-32(20-8-1)38(33-21-9-2-10-22-33,34-23-11-3-12-24-34)31-39(35-25-13-4-14-26-35,36-27-15-5-16-28-36)37-29-17-6-18-30-37;/h3*1-31H;. The molecule has 0 unspecified atom stereocenters. The molecule has 0 aromatic heterocycles. The van der Waals surface area contributed by atoms with Gasteiger partial charge in [0.15, 0.2) is 0 Å². The van der Waals surface area contributed by atoms with E-state index in [0.29, 0.717) is 0 Å². The van der Waals surface area contributed by atoms with E-state index >= 15 is 0 Å². The molecule has 0 bridgehead atoms. The molecule has 0 amide bonds. The first-order valence-corrected chi connectivity index (χ1v) is 56.0. The quantitative estimate of drug-likeness (QED) is 0.0356. The molecule has 0 nitrogen and oxygen atoms in total. The molecule has 18 aromatic rings. The molecule has 0 radical (unpaired) electrons. The van der Waals surface area contributed by atoms with Gasteiger partial charge >= 0.3 is 714 Å². The predicted molar refractivity (Wildman–Crippen MR) is 515 cm³/mol. The van der Waals surface area contributed by atoms with Gasteiger partial charge in [-0.1, -0.05) is 0 Å². The van der Waals surface area contributed by atoms with Crippen molar-refractivity contribution in [3.05, 3.63) is 546 Å². The van der Waals surface area contributed by atoms with Crippen LogP contribution in [0.4, 0.5) is 0 Å². The topological polar surface area (TPSA) is 0 Å². The number of rotatable bonds is 27. The van der Waals surface area contributed by atoms with Gasteiger partial charge in [-0.05, 0) is 0 Å². The van der Waals surface area contributed by atoms with E-state index in [-0.39, 0.29) is 12.1 Å². The summed E-state index contributed by atoms with van der Waals surface area (Å²) in [5, 5.41) is 25.2. The normalized spacial score (nSPS) is 12.2. The van der Waals surface area contributed by atoms with Gasteiger partial charge in [-0.25, -0.2) is 0 Å².